The number of thioether (sulfide) groups is 1. The topological polar surface area (TPSA) is 94.3 Å². The molecule has 30 heavy (non-hydrogen) atoms. The summed E-state index contributed by atoms with van der Waals surface area (Å²) in [4.78, 5) is 16.5. The second-order valence-electron chi connectivity index (χ2n) is 6.38. The highest BCUT2D eigenvalue weighted by Gasteiger charge is 2.12. The van der Waals surface area contributed by atoms with Crippen molar-refractivity contribution in [2.45, 2.75) is 11.4 Å². The highest BCUT2D eigenvalue weighted by molar-refractivity contribution is 7.99. The fraction of sp³-hybridized carbons (Fsp3) is 0.190. The lowest BCUT2D eigenvalue weighted by atomic mass is 10.1. The quantitative estimate of drug-likeness (QED) is 0.438. The summed E-state index contributed by atoms with van der Waals surface area (Å²) in [7, 11) is 1.65. The number of aromatic nitrogens is 5. The average Bonchev–Trinajstić information content (AvgIpc) is 3.22. The smallest absolute Gasteiger partial charge is 0.230 e. The number of carbonyl (C=O) groups excluding carboxylic acids is 1. The number of para-hydroxylation sites is 1. The molecule has 0 unspecified atom stereocenters. The Morgan fingerprint density at radius 3 is 2.80 bits per heavy atom. The van der Waals surface area contributed by atoms with Gasteiger partial charge in [0.2, 0.25) is 11.7 Å². The van der Waals surface area contributed by atoms with Crippen LogP contribution >= 0.6 is 11.8 Å². The van der Waals surface area contributed by atoms with Crippen LogP contribution in [0.2, 0.25) is 0 Å². The molecule has 152 valence electrons. The fourth-order valence-corrected chi connectivity index (χ4v) is 3.63. The summed E-state index contributed by atoms with van der Waals surface area (Å²) in [6, 6.07) is 17.0. The van der Waals surface area contributed by atoms with E-state index in [1.807, 2.05) is 54.6 Å². The molecule has 8 nitrogen and oxygen atoms in total. The van der Waals surface area contributed by atoms with Gasteiger partial charge in [0.05, 0.1) is 12.9 Å². The molecule has 1 N–H and O–H groups in total. The van der Waals surface area contributed by atoms with Crippen LogP contribution < -0.4 is 10.1 Å². The molecule has 0 spiro atoms. The minimum absolute atomic E-state index is 0.0505. The summed E-state index contributed by atoms with van der Waals surface area (Å²) >= 11 is 1.36. The molecule has 0 aliphatic carbocycles. The van der Waals surface area contributed by atoms with E-state index in [4.69, 9.17) is 4.74 Å². The number of fused-ring (bicyclic) bond motifs is 1. The number of ether oxygens (including phenoxy) is 1. The largest absolute Gasteiger partial charge is 0.496 e. The van der Waals surface area contributed by atoms with Crippen LogP contribution in [0.5, 0.6) is 5.75 Å². The summed E-state index contributed by atoms with van der Waals surface area (Å²) in [6.07, 6.45) is 2.41. The molecule has 0 aliphatic heterocycles. The summed E-state index contributed by atoms with van der Waals surface area (Å²) in [5, 5.41) is 16.5. The lowest BCUT2D eigenvalue weighted by Crippen LogP contribution is -2.27. The average molecular weight is 420 g/mol. The SMILES string of the molecule is COc1ccccc1CCNC(=O)CSc1ccc2nnc(-c3ccccn3)n2n1. The number of nitrogens with one attached hydrogen (secondary N) is 1. The van der Waals surface area contributed by atoms with Crippen molar-refractivity contribution in [3.8, 4) is 17.3 Å². The van der Waals surface area contributed by atoms with E-state index in [1.54, 1.807) is 17.8 Å². The van der Waals surface area contributed by atoms with Crippen LogP contribution in [-0.4, -0.2) is 50.1 Å². The number of pyridine rings is 1. The van der Waals surface area contributed by atoms with E-state index < -0.39 is 0 Å². The highest BCUT2D eigenvalue weighted by Crippen LogP contribution is 2.19. The summed E-state index contributed by atoms with van der Waals surface area (Å²) in [6.45, 7) is 0.543. The molecular formula is C21H20N6O2S. The van der Waals surface area contributed by atoms with Gasteiger partial charge in [-0.2, -0.15) is 9.61 Å². The zero-order valence-electron chi connectivity index (χ0n) is 16.4. The number of hydrogen-bond acceptors (Lipinski definition) is 7. The Morgan fingerprint density at radius 1 is 1.10 bits per heavy atom. The van der Waals surface area contributed by atoms with Crippen LogP contribution in [0.1, 0.15) is 5.56 Å². The van der Waals surface area contributed by atoms with Crippen LogP contribution in [0, 0.1) is 0 Å². The van der Waals surface area contributed by atoms with Gasteiger partial charge in [-0.3, -0.25) is 9.78 Å². The van der Waals surface area contributed by atoms with Crippen LogP contribution in [0.15, 0.2) is 65.8 Å². The van der Waals surface area contributed by atoms with Gasteiger partial charge in [0.25, 0.3) is 0 Å². The monoisotopic (exact) mass is 420 g/mol. The molecule has 1 amide bonds. The van der Waals surface area contributed by atoms with Gasteiger partial charge in [0.1, 0.15) is 16.5 Å². The van der Waals surface area contributed by atoms with Crippen molar-refractivity contribution < 1.29 is 9.53 Å². The molecule has 3 aromatic heterocycles. The summed E-state index contributed by atoms with van der Waals surface area (Å²) in [5.74, 6) is 1.61. The van der Waals surface area contributed by atoms with Gasteiger partial charge in [0.15, 0.2) is 5.65 Å². The maximum absolute atomic E-state index is 12.2. The van der Waals surface area contributed by atoms with Gasteiger partial charge >= 0.3 is 0 Å². The fourth-order valence-electron chi connectivity index (χ4n) is 2.94. The zero-order chi connectivity index (χ0) is 20.8. The van der Waals surface area contributed by atoms with E-state index in [1.165, 1.54) is 11.8 Å². The number of benzene rings is 1. The summed E-state index contributed by atoms with van der Waals surface area (Å²) < 4.78 is 6.98. The van der Waals surface area contributed by atoms with Gasteiger partial charge in [-0.1, -0.05) is 36.0 Å². The second-order valence-corrected chi connectivity index (χ2v) is 7.38. The molecule has 9 heteroatoms. The second kappa shape index (κ2) is 9.36. The minimum Gasteiger partial charge on any atom is -0.496 e. The van der Waals surface area contributed by atoms with Gasteiger partial charge in [-0.25, -0.2) is 0 Å². The molecule has 0 atom stereocenters. The molecule has 0 bridgehead atoms. The molecule has 0 aliphatic rings. The lowest BCUT2D eigenvalue weighted by molar-refractivity contribution is -0.118. The van der Waals surface area contributed by atoms with Gasteiger partial charge in [-0.15, -0.1) is 10.2 Å². The molecule has 0 fully saturated rings. The van der Waals surface area contributed by atoms with E-state index in [-0.39, 0.29) is 11.7 Å². The van der Waals surface area contributed by atoms with E-state index in [0.29, 0.717) is 35.2 Å². The Kier molecular flexibility index (Phi) is 6.19. The number of rotatable bonds is 8. The molecular weight excluding hydrogens is 400 g/mol. The van der Waals surface area contributed by atoms with Crippen LogP contribution in [0.3, 0.4) is 0 Å². The normalized spacial score (nSPS) is 10.8. The molecule has 4 aromatic rings. The Labute approximate surface area is 177 Å². The third kappa shape index (κ3) is 4.57. The van der Waals surface area contributed by atoms with Crippen LogP contribution in [0.4, 0.5) is 0 Å². The zero-order valence-corrected chi connectivity index (χ0v) is 17.2. The maximum atomic E-state index is 12.2. The number of carbonyl (C=O) groups is 1. The molecule has 3 heterocycles. The van der Waals surface area contributed by atoms with Crippen molar-refractivity contribution in [1.29, 1.82) is 0 Å². The van der Waals surface area contributed by atoms with Crippen molar-refractivity contribution in [2.24, 2.45) is 0 Å². The Bertz CT molecular complexity index is 1150. The molecule has 0 saturated heterocycles. The third-order valence-corrected chi connectivity index (χ3v) is 5.31. The number of nitrogens with zero attached hydrogens (tertiary/aromatic N) is 5. The van der Waals surface area contributed by atoms with E-state index in [0.717, 1.165) is 11.3 Å². The molecule has 0 radical (unpaired) electrons. The Balaban J connectivity index is 1.35. The highest BCUT2D eigenvalue weighted by atomic mass is 32.2. The molecule has 1 aromatic carbocycles. The number of methoxy groups -OCH3 is 1. The standard InChI is InChI=1S/C21H20N6O2S/c1-29-17-8-3-2-6-15(17)11-13-23-19(28)14-30-20-10-9-18-24-25-21(27(18)26-20)16-7-4-5-12-22-16/h2-10,12H,11,13-14H2,1H3,(H,23,28). The van der Waals surface area contributed by atoms with E-state index in [2.05, 4.69) is 25.6 Å². The first kappa shape index (κ1) is 19.8. The number of hydrogen-bond donors (Lipinski definition) is 1. The molecule has 4 rings (SSSR count). The van der Waals surface area contributed by atoms with Gasteiger partial charge < -0.3 is 10.1 Å². The van der Waals surface area contributed by atoms with Gasteiger partial charge in [0, 0.05) is 12.7 Å². The van der Waals surface area contributed by atoms with Crippen LogP contribution in [0.25, 0.3) is 17.2 Å². The Hall–Kier alpha value is -3.46. The lowest BCUT2D eigenvalue weighted by Gasteiger charge is -2.09. The first-order valence-electron chi connectivity index (χ1n) is 9.40. The van der Waals surface area contributed by atoms with Crippen molar-refractivity contribution in [3.05, 3.63) is 66.4 Å². The summed E-state index contributed by atoms with van der Waals surface area (Å²) in [5.41, 5.74) is 2.38. The van der Waals surface area contributed by atoms with Gasteiger partial charge in [-0.05, 0) is 42.3 Å². The predicted octanol–water partition coefficient (Wildman–Crippen LogP) is 2.65. The third-order valence-electron chi connectivity index (χ3n) is 4.39. The minimum atomic E-state index is -0.0505. The first-order chi connectivity index (χ1) is 14.7. The van der Waals surface area contributed by atoms with Crippen molar-refractivity contribution in [2.75, 3.05) is 19.4 Å². The van der Waals surface area contributed by atoms with E-state index >= 15 is 0 Å². The predicted molar refractivity (Wildman–Crippen MR) is 114 cm³/mol. The maximum Gasteiger partial charge on any atom is 0.230 e. The van der Waals surface area contributed by atoms with Crippen molar-refractivity contribution in [3.63, 3.8) is 0 Å². The number of amides is 1. The first-order valence-corrected chi connectivity index (χ1v) is 10.4. The molecule has 0 saturated carbocycles. The van der Waals surface area contributed by atoms with Crippen molar-refractivity contribution in [1.82, 2.24) is 30.1 Å². The van der Waals surface area contributed by atoms with Crippen molar-refractivity contribution >= 4 is 23.3 Å². The Morgan fingerprint density at radius 2 is 1.97 bits per heavy atom. The van der Waals surface area contributed by atoms with E-state index in [9.17, 15) is 4.79 Å². The van der Waals surface area contributed by atoms with Crippen LogP contribution in [-0.2, 0) is 11.2 Å².